The molecule has 0 bridgehead atoms. The predicted octanol–water partition coefficient (Wildman–Crippen LogP) is -1.14. The molecule has 3 N–H and O–H groups in total. The number of rotatable bonds is 7. The normalized spacial score (nSPS) is 17.7. The lowest BCUT2D eigenvalue weighted by atomic mass is 10.2. The Morgan fingerprint density at radius 2 is 1.95 bits per heavy atom. The zero-order valence-electron chi connectivity index (χ0n) is 11.2. The number of Topliss-reactive ketones (excluding diaryl/α,β-unsaturated/α-hetero) is 1. The average Bonchev–Trinajstić information content (AvgIpc) is 3.35. The number of benzene rings is 1. The van der Waals surface area contributed by atoms with Gasteiger partial charge in [-0.2, -0.15) is 0 Å². The third-order valence-electron chi connectivity index (χ3n) is 2.97. The van der Waals surface area contributed by atoms with Crippen LogP contribution in [0.25, 0.3) is 0 Å². The van der Waals surface area contributed by atoms with E-state index in [1.54, 1.807) is 30.3 Å². The van der Waals surface area contributed by atoms with Crippen LogP contribution in [0.15, 0.2) is 30.3 Å². The van der Waals surface area contributed by atoms with Gasteiger partial charge in [-0.15, -0.1) is 0 Å². The molecule has 2 rings (SSSR count). The summed E-state index contributed by atoms with van der Waals surface area (Å²) in [6.07, 6.45) is -0.434. The maximum atomic E-state index is 11.9. The second kappa shape index (κ2) is 6.96. The Morgan fingerprint density at radius 1 is 1.29 bits per heavy atom. The van der Waals surface area contributed by atoms with Crippen LogP contribution in [0.3, 0.4) is 0 Å². The Bertz CT molecular complexity index is 527. The van der Waals surface area contributed by atoms with Gasteiger partial charge >= 0.3 is 0 Å². The summed E-state index contributed by atoms with van der Waals surface area (Å²) in [5, 5.41) is 14.0. The van der Waals surface area contributed by atoms with Gasteiger partial charge in [0.15, 0.2) is 5.78 Å². The number of aliphatic hydroxyl groups excluding tert-OH is 1. The van der Waals surface area contributed by atoms with Crippen molar-refractivity contribution in [2.45, 2.75) is 12.1 Å². The van der Waals surface area contributed by atoms with Crippen molar-refractivity contribution in [1.82, 2.24) is 10.6 Å². The second-order valence-corrected chi connectivity index (χ2v) is 4.58. The van der Waals surface area contributed by atoms with Gasteiger partial charge in [0.2, 0.25) is 5.91 Å². The molecule has 0 aliphatic carbocycles. The number of amides is 2. The number of hydrogen-bond acceptors (Lipinski definition) is 5. The molecule has 0 spiro atoms. The topological polar surface area (TPSA) is 108 Å². The van der Waals surface area contributed by atoms with Crippen LogP contribution in [0, 0.1) is 0 Å². The van der Waals surface area contributed by atoms with Crippen molar-refractivity contribution in [1.29, 1.82) is 0 Å². The van der Waals surface area contributed by atoms with Crippen LogP contribution in [0.5, 0.6) is 0 Å². The maximum absolute atomic E-state index is 11.9. The van der Waals surface area contributed by atoms with Crippen molar-refractivity contribution >= 4 is 17.6 Å². The van der Waals surface area contributed by atoms with Crippen LogP contribution >= 0.6 is 0 Å². The van der Waals surface area contributed by atoms with Gasteiger partial charge in [-0.25, -0.2) is 0 Å². The van der Waals surface area contributed by atoms with E-state index in [1.807, 2.05) is 0 Å². The van der Waals surface area contributed by atoms with Crippen LogP contribution in [-0.2, 0) is 14.3 Å². The van der Waals surface area contributed by atoms with E-state index in [0.29, 0.717) is 12.2 Å². The van der Waals surface area contributed by atoms with Crippen molar-refractivity contribution in [2.24, 2.45) is 0 Å². The van der Waals surface area contributed by atoms with E-state index in [2.05, 4.69) is 10.6 Å². The fourth-order valence-corrected chi connectivity index (χ4v) is 1.67. The Balaban J connectivity index is 1.85. The molecule has 1 saturated heterocycles. The first-order valence-electron chi connectivity index (χ1n) is 6.50. The van der Waals surface area contributed by atoms with Crippen molar-refractivity contribution in [3.05, 3.63) is 35.9 Å². The first-order valence-corrected chi connectivity index (χ1v) is 6.50. The number of hydrogen-bond donors (Lipinski definition) is 3. The number of ketones is 1. The molecule has 1 aromatic rings. The zero-order valence-corrected chi connectivity index (χ0v) is 11.2. The Labute approximate surface area is 121 Å². The van der Waals surface area contributed by atoms with E-state index in [0.717, 1.165) is 0 Å². The number of ether oxygens (including phenoxy) is 1. The molecule has 2 unspecified atom stereocenters. The zero-order chi connectivity index (χ0) is 15.2. The molecule has 1 aliphatic heterocycles. The van der Waals surface area contributed by atoms with Crippen molar-refractivity contribution in [3.8, 4) is 0 Å². The third-order valence-corrected chi connectivity index (χ3v) is 2.97. The number of nitrogens with one attached hydrogen (secondary N) is 2. The molecule has 7 nitrogen and oxygen atoms in total. The molecule has 1 fully saturated rings. The molecule has 1 aromatic carbocycles. The van der Waals surface area contributed by atoms with Crippen LogP contribution in [-0.4, -0.2) is 54.6 Å². The molecule has 7 heteroatoms. The van der Waals surface area contributed by atoms with Crippen LogP contribution in [0.2, 0.25) is 0 Å². The smallest absolute Gasteiger partial charge is 0.251 e. The van der Waals surface area contributed by atoms with Gasteiger partial charge in [-0.3, -0.25) is 14.4 Å². The van der Waals surface area contributed by atoms with Gasteiger partial charge in [0.1, 0.15) is 12.1 Å². The van der Waals surface area contributed by atoms with Gasteiger partial charge in [-0.1, -0.05) is 18.2 Å². The van der Waals surface area contributed by atoms with Crippen LogP contribution in [0.4, 0.5) is 0 Å². The molecule has 2 atom stereocenters. The first-order chi connectivity index (χ1) is 10.1. The van der Waals surface area contributed by atoms with Gasteiger partial charge in [0.25, 0.3) is 5.91 Å². The minimum Gasteiger partial charge on any atom is -0.394 e. The average molecular weight is 292 g/mol. The highest BCUT2D eigenvalue weighted by Crippen LogP contribution is 2.08. The molecule has 2 amide bonds. The fraction of sp³-hybridized carbons (Fsp3) is 0.357. The van der Waals surface area contributed by atoms with E-state index in [4.69, 9.17) is 4.74 Å². The lowest BCUT2D eigenvalue weighted by molar-refractivity contribution is -0.127. The van der Waals surface area contributed by atoms with Gasteiger partial charge < -0.3 is 20.5 Å². The standard InChI is InChI=1S/C14H16N2O5/c17-7-10(14(20)15-6-11(18)12-8-21-12)16-13(19)9-4-2-1-3-5-9/h1-5,10,12,17H,6-8H2,(H,15,20)(H,16,19). The fourth-order valence-electron chi connectivity index (χ4n) is 1.67. The van der Waals surface area contributed by atoms with E-state index in [-0.39, 0.29) is 12.3 Å². The molecule has 112 valence electrons. The summed E-state index contributed by atoms with van der Waals surface area (Å²) < 4.78 is 4.79. The lowest BCUT2D eigenvalue weighted by Crippen LogP contribution is -2.50. The quantitative estimate of drug-likeness (QED) is 0.551. The summed E-state index contributed by atoms with van der Waals surface area (Å²) >= 11 is 0. The van der Waals surface area contributed by atoms with Crippen molar-refractivity contribution in [3.63, 3.8) is 0 Å². The number of carbonyl (C=O) groups is 3. The minimum absolute atomic E-state index is 0.179. The highest BCUT2D eigenvalue weighted by molar-refractivity contribution is 5.98. The second-order valence-electron chi connectivity index (χ2n) is 4.58. The molecular formula is C14H16N2O5. The summed E-state index contributed by atoms with van der Waals surface area (Å²) in [5.74, 6) is -1.31. The molecular weight excluding hydrogens is 276 g/mol. The predicted molar refractivity (Wildman–Crippen MR) is 72.5 cm³/mol. The van der Waals surface area contributed by atoms with E-state index in [1.165, 1.54) is 0 Å². The molecule has 1 aliphatic rings. The molecule has 0 aromatic heterocycles. The third kappa shape index (κ3) is 4.37. The molecule has 0 radical (unpaired) electrons. The Morgan fingerprint density at radius 3 is 2.52 bits per heavy atom. The summed E-state index contributed by atoms with van der Waals surface area (Å²) in [5.41, 5.74) is 0.381. The summed E-state index contributed by atoms with van der Waals surface area (Å²) in [6, 6.07) is 7.23. The van der Waals surface area contributed by atoms with Crippen molar-refractivity contribution in [2.75, 3.05) is 19.8 Å². The van der Waals surface area contributed by atoms with Gasteiger partial charge in [0.05, 0.1) is 19.8 Å². The van der Waals surface area contributed by atoms with Gasteiger partial charge in [-0.05, 0) is 12.1 Å². The number of epoxide rings is 1. The summed E-state index contributed by atoms with van der Waals surface area (Å²) in [4.78, 5) is 35.1. The first kappa shape index (κ1) is 15.1. The maximum Gasteiger partial charge on any atom is 0.251 e. The number of aliphatic hydroxyl groups is 1. The highest BCUT2D eigenvalue weighted by atomic mass is 16.6. The minimum atomic E-state index is -1.11. The SMILES string of the molecule is O=C(NC(CO)C(=O)NCC(=O)C1CO1)c1ccccc1. The molecule has 0 saturated carbocycles. The van der Waals surface area contributed by atoms with Gasteiger partial charge in [0, 0.05) is 5.56 Å². The molecule has 1 heterocycles. The van der Waals surface area contributed by atoms with Crippen LogP contribution < -0.4 is 10.6 Å². The largest absolute Gasteiger partial charge is 0.394 e. The monoisotopic (exact) mass is 292 g/mol. The Hall–Kier alpha value is -2.25. The summed E-state index contributed by atoms with van der Waals surface area (Å²) in [7, 11) is 0. The Kier molecular flexibility index (Phi) is 5.02. The van der Waals surface area contributed by atoms with Crippen molar-refractivity contribution < 1.29 is 24.2 Å². The van der Waals surface area contributed by atoms with E-state index in [9.17, 15) is 19.5 Å². The lowest BCUT2D eigenvalue weighted by Gasteiger charge is -2.15. The molecule has 21 heavy (non-hydrogen) atoms. The van der Waals surface area contributed by atoms with E-state index < -0.39 is 30.6 Å². The van der Waals surface area contributed by atoms with Crippen LogP contribution in [0.1, 0.15) is 10.4 Å². The number of carbonyl (C=O) groups excluding carboxylic acids is 3. The summed E-state index contributed by atoms with van der Waals surface area (Å²) in [6.45, 7) is -0.359. The van der Waals surface area contributed by atoms with E-state index >= 15 is 0 Å². The highest BCUT2D eigenvalue weighted by Gasteiger charge is 2.31.